The Kier molecular flexibility index (Phi) is 6.43. The number of halogens is 1. The van der Waals surface area contributed by atoms with Crippen LogP contribution in [0.3, 0.4) is 0 Å². The molecule has 4 rings (SSSR count). The van der Waals surface area contributed by atoms with Crippen LogP contribution in [-0.2, 0) is 4.79 Å². The fourth-order valence-corrected chi connectivity index (χ4v) is 4.64. The van der Waals surface area contributed by atoms with Gasteiger partial charge in [0.05, 0.1) is 17.5 Å². The van der Waals surface area contributed by atoms with Gasteiger partial charge in [0.1, 0.15) is 5.82 Å². The maximum atomic E-state index is 13.4. The lowest BCUT2D eigenvalue weighted by Crippen LogP contribution is -2.30. The third-order valence-electron chi connectivity index (χ3n) is 4.91. The molecule has 0 bridgehead atoms. The van der Waals surface area contributed by atoms with E-state index in [4.69, 9.17) is 0 Å². The number of rotatable bonds is 7. The summed E-state index contributed by atoms with van der Waals surface area (Å²) in [6, 6.07) is 15.6. The maximum Gasteiger partial charge on any atom is 0.231 e. The lowest BCUT2D eigenvalue weighted by molar-refractivity contribution is -0.119. The van der Waals surface area contributed by atoms with E-state index in [1.165, 1.54) is 35.2 Å². The van der Waals surface area contributed by atoms with Crippen molar-refractivity contribution in [1.29, 1.82) is 0 Å². The summed E-state index contributed by atoms with van der Waals surface area (Å²) in [5.74, 6) is -0.328. The first-order valence-electron chi connectivity index (χ1n) is 9.59. The lowest BCUT2D eigenvalue weighted by Gasteiger charge is -2.18. The number of nitrogens with one attached hydrogen (secondary N) is 1. The molecule has 2 aromatic carbocycles. The zero-order valence-electron chi connectivity index (χ0n) is 16.9. The molecule has 2 aromatic heterocycles. The zero-order valence-corrected chi connectivity index (χ0v) is 18.6. The highest BCUT2D eigenvalue weighted by Crippen LogP contribution is 2.27. The topological polar surface area (TPSA) is 72.7 Å². The van der Waals surface area contributed by atoms with Crippen molar-refractivity contribution in [2.45, 2.75) is 25.0 Å². The molecule has 0 saturated heterocycles. The highest BCUT2D eigenvalue weighted by atomic mass is 32.2. The van der Waals surface area contributed by atoms with Crippen molar-refractivity contribution in [3.05, 3.63) is 87.4 Å². The second-order valence-electron chi connectivity index (χ2n) is 6.95. The van der Waals surface area contributed by atoms with Crippen LogP contribution >= 0.6 is 23.1 Å². The quantitative estimate of drug-likeness (QED) is 0.418. The van der Waals surface area contributed by atoms with Crippen LogP contribution in [-0.4, -0.2) is 31.9 Å². The van der Waals surface area contributed by atoms with Crippen molar-refractivity contribution in [2.75, 3.05) is 5.75 Å². The maximum absolute atomic E-state index is 13.4. The predicted molar refractivity (Wildman–Crippen MR) is 120 cm³/mol. The average molecular weight is 454 g/mol. The summed E-state index contributed by atoms with van der Waals surface area (Å²) in [6.07, 6.45) is 0. The van der Waals surface area contributed by atoms with E-state index >= 15 is 0 Å². The number of thiophene rings is 1. The number of hydrogen-bond donors (Lipinski definition) is 1. The fourth-order valence-electron chi connectivity index (χ4n) is 3.15. The molecule has 1 atom stereocenters. The monoisotopic (exact) mass is 453 g/mol. The number of aryl methyl sites for hydroxylation is 1. The normalized spacial score (nSPS) is 12.0. The van der Waals surface area contributed by atoms with Gasteiger partial charge in [0.25, 0.3) is 0 Å². The number of carbonyl (C=O) groups excluding carboxylic acids is 1. The highest BCUT2D eigenvalue weighted by molar-refractivity contribution is 7.99. The minimum atomic E-state index is -0.344. The van der Waals surface area contributed by atoms with Crippen LogP contribution in [0.25, 0.3) is 5.69 Å². The summed E-state index contributed by atoms with van der Waals surface area (Å²) in [7, 11) is 0. The molecule has 0 radical (unpaired) electrons. The van der Waals surface area contributed by atoms with Gasteiger partial charge < -0.3 is 5.32 Å². The van der Waals surface area contributed by atoms with Crippen LogP contribution in [0.4, 0.5) is 4.39 Å². The summed E-state index contributed by atoms with van der Waals surface area (Å²) in [4.78, 5) is 13.8. The Morgan fingerprint density at radius 2 is 1.97 bits per heavy atom. The van der Waals surface area contributed by atoms with Crippen molar-refractivity contribution in [3.63, 3.8) is 0 Å². The smallest absolute Gasteiger partial charge is 0.231 e. The van der Waals surface area contributed by atoms with E-state index in [1.807, 2.05) is 49.6 Å². The van der Waals surface area contributed by atoms with Gasteiger partial charge in [-0.1, -0.05) is 42.1 Å². The zero-order chi connectivity index (χ0) is 21.8. The molecule has 6 nitrogen and oxygen atoms in total. The first-order valence-corrected chi connectivity index (χ1v) is 11.5. The Morgan fingerprint density at radius 3 is 2.71 bits per heavy atom. The molecule has 4 aromatic rings. The van der Waals surface area contributed by atoms with Gasteiger partial charge in [-0.3, -0.25) is 4.79 Å². The molecule has 1 N–H and O–H groups in total. The van der Waals surface area contributed by atoms with Gasteiger partial charge >= 0.3 is 0 Å². The third kappa shape index (κ3) is 4.83. The number of nitrogens with zero attached hydrogens (tertiary/aromatic N) is 4. The fraction of sp³-hybridized carbons (Fsp3) is 0.182. The van der Waals surface area contributed by atoms with Crippen LogP contribution in [0.5, 0.6) is 0 Å². The Morgan fingerprint density at radius 1 is 1.16 bits per heavy atom. The molecule has 0 aliphatic rings. The standard InChI is InChI=1S/C22H20FN5OS2/c1-14-5-3-6-18(15(14)2)28-22(25-26-27-28)31-13-20(29)24-21(19-7-4-12-30-19)16-8-10-17(23)11-9-16/h3-12,21H,13H2,1-2H3,(H,24,29)/t21-/m0/s1. The van der Waals surface area contributed by atoms with E-state index in [-0.39, 0.29) is 23.5 Å². The van der Waals surface area contributed by atoms with Crippen LogP contribution < -0.4 is 5.32 Å². The molecular weight excluding hydrogens is 433 g/mol. The Hall–Kier alpha value is -3.04. The molecule has 0 saturated carbocycles. The number of aromatic nitrogens is 4. The molecule has 0 unspecified atom stereocenters. The minimum absolute atomic E-state index is 0.147. The molecule has 31 heavy (non-hydrogen) atoms. The van der Waals surface area contributed by atoms with Crippen LogP contribution in [0.15, 0.2) is 65.1 Å². The van der Waals surface area contributed by atoms with Crippen molar-refractivity contribution < 1.29 is 9.18 Å². The number of amides is 1. The van der Waals surface area contributed by atoms with Crippen LogP contribution in [0, 0.1) is 19.7 Å². The first kappa shape index (κ1) is 21.2. The van der Waals surface area contributed by atoms with Gasteiger partial charge in [0.2, 0.25) is 11.1 Å². The summed E-state index contributed by atoms with van der Waals surface area (Å²) in [5.41, 5.74) is 3.92. The highest BCUT2D eigenvalue weighted by Gasteiger charge is 2.19. The average Bonchev–Trinajstić information content (AvgIpc) is 3.45. The molecule has 158 valence electrons. The van der Waals surface area contributed by atoms with Gasteiger partial charge in [-0.15, -0.1) is 16.4 Å². The van der Waals surface area contributed by atoms with E-state index in [1.54, 1.807) is 16.8 Å². The van der Waals surface area contributed by atoms with Crippen molar-refractivity contribution >= 4 is 29.0 Å². The van der Waals surface area contributed by atoms with E-state index in [9.17, 15) is 9.18 Å². The first-order chi connectivity index (χ1) is 15.0. The second kappa shape index (κ2) is 9.40. The molecule has 0 spiro atoms. The summed E-state index contributed by atoms with van der Waals surface area (Å²) < 4.78 is 15.0. The minimum Gasteiger partial charge on any atom is -0.344 e. The molecule has 0 fully saturated rings. The summed E-state index contributed by atoms with van der Waals surface area (Å²) in [5, 5.41) is 17.5. The molecule has 9 heteroatoms. The van der Waals surface area contributed by atoms with Gasteiger partial charge in [0, 0.05) is 4.88 Å². The van der Waals surface area contributed by atoms with Crippen molar-refractivity contribution in [2.24, 2.45) is 0 Å². The van der Waals surface area contributed by atoms with E-state index < -0.39 is 0 Å². The van der Waals surface area contributed by atoms with Gasteiger partial charge in [-0.05, 0) is 70.6 Å². The number of carbonyl (C=O) groups is 1. The van der Waals surface area contributed by atoms with Gasteiger partial charge in [-0.25, -0.2) is 4.39 Å². The lowest BCUT2D eigenvalue weighted by atomic mass is 10.1. The Labute approximate surface area is 187 Å². The molecule has 0 aliphatic carbocycles. The Bertz CT molecular complexity index is 1180. The molecule has 1 amide bonds. The SMILES string of the molecule is Cc1cccc(-n2nnnc2SCC(=O)N[C@@H](c2ccc(F)cc2)c2cccs2)c1C. The summed E-state index contributed by atoms with van der Waals surface area (Å²) >= 11 is 2.81. The second-order valence-corrected chi connectivity index (χ2v) is 8.87. The number of benzene rings is 2. The predicted octanol–water partition coefficient (Wildman–Crippen LogP) is 4.48. The molecule has 2 heterocycles. The number of thioether (sulfide) groups is 1. The van der Waals surface area contributed by atoms with Gasteiger partial charge in [-0.2, -0.15) is 4.68 Å². The van der Waals surface area contributed by atoms with Crippen molar-refractivity contribution in [3.8, 4) is 5.69 Å². The van der Waals surface area contributed by atoms with Gasteiger partial charge in [0.15, 0.2) is 0 Å². The van der Waals surface area contributed by atoms with E-state index in [2.05, 4.69) is 20.8 Å². The molecule has 0 aliphatic heterocycles. The van der Waals surface area contributed by atoms with Crippen LogP contribution in [0.2, 0.25) is 0 Å². The third-order valence-corrected chi connectivity index (χ3v) is 6.77. The number of hydrogen-bond acceptors (Lipinski definition) is 6. The van der Waals surface area contributed by atoms with E-state index in [0.29, 0.717) is 5.16 Å². The largest absolute Gasteiger partial charge is 0.344 e. The Balaban J connectivity index is 1.48. The van der Waals surface area contributed by atoms with Crippen LogP contribution in [0.1, 0.15) is 27.6 Å². The summed E-state index contributed by atoms with van der Waals surface area (Å²) in [6.45, 7) is 4.05. The van der Waals surface area contributed by atoms with Crippen molar-refractivity contribution in [1.82, 2.24) is 25.5 Å². The molecular formula is C22H20FN5OS2. The van der Waals surface area contributed by atoms with E-state index in [0.717, 1.165) is 27.3 Å². The number of tetrazole rings is 1.